The summed E-state index contributed by atoms with van der Waals surface area (Å²) in [6.07, 6.45) is -4.17. The summed E-state index contributed by atoms with van der Waals surface area (Å²) in [5.41, 5.74) is 7.41. The van der Waals surface area contributed by atoms with Gasteiger partial charge in [-0.2, -0.15) is 17.6 Å². The van der Waals surface area contributed by atoms with E-state index >= 15 is 0 Å². The largest absolute Gasteiger partial charge is 0.391 e. The van der Waals surface area contributed by atoms with Gasteiger partial charge in [0.15, 0.2) is 0 Å². The van der Waals surface area contributed by atoms with Crippen LogP contribution < -0.4 is 16.0 Å². The van der Waals surface area contributed by atoms with Crippen molar-refractivity contribution in [2.24, 2.45) is 11.7 Å². The van der Waals surface area contributed by atoms with Crippen molar-refractivity contribution in [1.82, 2.24) is 4.98 Å². The second-order valence-electron chi connectivity index (χ2n) is 6.34. The van der Waals surface area contributed by atoms with Gasteiger partial charge in [-0.3, -0.25) is 0 Å². The van der Waals surface area contributed by atoms with E-state index in [-0.39, 0.29) is 31.6 Å². The van der Waals surface area contributed by atoms with E-state index in [1.807, 2.05) is 12.1 Å². The number of nitrogens with two attached hydrogens (primary N) is 1. The number of rotatable bonds is 4. The lowest BCUT2D eigenvalue weighted by atomic mass is 9.96. The summed E-state index contributed by atoms with van der Waals surface area (Å²) in [5.74, 6) is -1.63. The Balaban J connectivity index is 1.66. The Bertz CT molecular complexity index is 738. The number of pyridine rings is 1. The molecule has 0 atom stereocenters. The third kappa shape index (κ3) is 4.24. The minimum absolute atomic E-state index is 0.000290. The molecule has 1 saturated heterocycles. The smallest absolute Gasteiger partial charge is 0.356 e. The summed E-state index contributed by atoms with van der Waals surface area (Å²) in [5, 5.41) is 2.94. The van der Waals surface area contributed by atoms with Gasteiger partial charge in [0, 0.05) is 25.3 Å². The van der Waals surface area contributed by atoms with Gasteiger partial charge in [0.2, 0.25) is 5.95 Å². The molecule has 3 rings (SSSR count). The van der Waals surface area contributed by atoms with E-state index in [1.165, 1.54) is 0 Å². The van der Waals surface area contributed by atoms with Crippen LogP contribution in [0.1, 0.15) is 18.4 Å². The average molecular weight is 368 g/mol. The quantitative estimate of drug-likeness (QED) is 0.627. The number of aromatic nitrogens is 1. The van der Waals surface area contributed by atoms with Gasteiger partial charge in [-0.15, -0.1) is 0 Å². The number of piperidine rings is 1. The molecule has 0 bridgehead atoms. The normalized spacial score (nSPS) is 16.0. The van der Waals surface area contributed by atoms with Crippen molar-refractivity contribution in [3.8, 4) is 0 Å². The highest BCUT2D eigenvalue weighted by Gasteiger charge is 2.41. The highest BCUT2D eigenvalue weighted by atomic mass is 19.4. The molecule has 0 spiro atoms. The van der Waals surface area contributed by atoms with Gasteiger partial charge in [0.25, 0.3) is 0 Å². The standard InChI is InChI=1S/C18H20F4N4/c19-17-15(24-14-3-1-12(11-23)2-4-14)5-6-16(25-17)26-9-7-13(8-10-26)18(20,21)22/h1-6,13,24H,7-11,23H2. The fraction of sp³-hybridized carbons (Fsp3) is 0.389. The maximum absolute atomic E-state index is 14.3. The van der Waals surface area contributed by atoms with Gasteiger partial charge in [0.05, 0.1) is 11.6 Å². The zero-order valence-corrected chi connectivity index (χ0v) is 14.1. The van der Waals surface area contributed by atoms with Gasteiger partial charge >= 0.3 is 6.18 Å². The first kappa shape index (κ1) is 18.4. The van der Waals surface area contributed by atoms with E-state index in [0.717, 1.165) is 5.56 Å². The SMILES string of the molecule is NCc1ccc(Nc2ccc(N3CCC(C(F)(F)F)CC3)nc2F)cc1. The third-order valence-electron chi connectivity index (χ3n) is 4.58. The van der Waals surface area contributed by atoms with E-state index < -0.39 is 18.0 Å². The monoisotopic (exact) mass is 368 g/mol. The molecule has 0 aliphatic carbocycles. The van der Waals surface area contributed by atoms with Crippen molar-refractivity contribution in [2.75, 3.05) is 23.3 Å². The number of halogens is 4. The summed E-state index contributed by atoms with van der Waals surface area (Å²) in [6, 6.07) is 10.4. The lowest BCUT2D eigenvalue weighted by Gasteiger charge is -2.33. The molecule has 4 nitrogen and oxygen atoms in total. The highest BCUT2D eigenvalue weighted by Crippen LogP contribution is 2.35. The molecule has 1 aromatic carbocycles. The van der Waals surface area contributed by atoms with Crippen molar-refractivity contribution >= 4 is 17.2 Å². The second kappa shape index (κ2) is 7.49. The van der Waals surface area contributed by atoms with Crippen LogP contribution in [-0.2, 0) is 6.54 Å². The first-order chi connectivity index (χ1) is 12.4. The van der Waals surface area contributed by atoms with Crippen molar-refractivity contribution in [3.63, 3.8) is 0 Å². The average Bonchev–Trinajstić information content (AvgIpc) is 2.63. The molecule has 140 valence electrons. The van der Waals surface area contributed by atoms with Gasteiger partial charge in [-0.25, -0.2) is 4.98 Å². The molecule has 1 aromatic heterocycles. The summed E-state index contributed by atoms with van der Waals surface area (Å²) in [7, 11) is 0. The number of anilines is 3. The van der Waals surface area contributed by atoms with E-state index in [1.54, 1.807) is 29.2 Å². The van der Waals surface area contributed by atoms with E-state index in [0.29, 0.717) is 18.1 Å². The molecule has 2 aromatic rings. The molecular formula is C18H20F4N4. The maximum atomic E-state index is 14.3. The van der Waals surface area contributed by atoms with Gasteiger partial charge in [-0.1, -0.05) is 12.1 Å². The lowest BCUT2D eigenvalue weighted by molar-refractivity contribution is -0.179. The molecule has 26 heavy (non-hydrogen) atoms. The van der Waals surface area contributed by atoms with Crippen LogP contribution in [0.25, 0.3) is 0 Å². The van der Waals surface area contributed by atoms with Crippen LogP contribution in [0.5, 0.6) is 0 Å². The minimum Gasteiger partial charge on any atom is -0.356 e. The van der Waals surface area contributed by atoms with Crippen LogP contribution >= 0.6 is 0 Å². The Hall–Kier alpha value is -2.35. The number of benzene rings is 1. The molecule has 1 aliphatic rings. The van der Waals surface area contributed by atoms with Crippen LogP contribution in [0.4, 0.5) is 34.8 Å². The topological polar surface area (TPSA) is 54.2 Å². The zero-order chi connectivity index (χ0) is 18.7. The van der Waals surface area contributed by atoms with Crippen molar-refractivity contribution in [3.05, 3.63) is 47.9 Å². The summed E-state index contributed by atoms with van der Waals surface area (Å²) in [6.45, 7) is 0.851. The van der Waals surface area contributed by atoms with Gasteiger partial charge < -0.3 is 16.0 Å². The second-order valence-corrected chi connectivity index (χ2v) is 6.34. The summed E-state index contributed by atoms with van der Waals surface area (Å²) >= 11 is 0. The van der Waals surface area contributed by atoms with Crippen molar-refractivity contribution in [2.45, 2.75) is 25.6 Å². The predicted molar refractivity (Wildman–Crippen MR) is 92.8 cm³/mol. The molecule has 8 heteroatoms. The molecule has 0 amide bonds. The fourth-order valence-electron chi connectivity index (χ4n) is 3.01. The molecule has 1 fully saturated rings. The molecule has 0 saturated carbocycles. The van der Waals surface area contributed by atoms with Crippen molar-refractivity contribution in [1.29, 1.82) is 0 Å². The van der Waals surface area contributed by atoms with Gasteiger partial charge in [-0.05, 0) is 42.7 Å². The van der Waals surface area contributed by atoms with Crippen LogP contribution in [0, 0.1) is 11.9 Å². The molecule has 0 radical (unpaired) electrons. The van der Waals surface area contributed by atoms with E-state index in [9.17, 15) is 17.6 Å². The molecule has 0 unspecified atom stereocenters. The third-order valence-corrected chi connectivity index (χ3v) is 4.58. The summed E-state index contributed by atoms with van der Waals surface area (Å²) < 4.78 is 52.5. The summed E-state index contributed by atoms with van der Waals surface area (Å²) in [4.78, 5) is 5.60. The van der Waals surface area contributed by atoms with E-state index in [4.69, 9.17) is 5.73 Å². The number of nitrogens with one attached hydrogen (secondary N) is 1. The lowest BCUT2D eigenvalue weighted by Crippen LogP contribution is -2.39. The Morgan fingerprint density at radius 3 is 2.27 bits per heavy atom. The van der Waals surface area contributed by atoms with Gasteiger partial charge in [0.1, 0.15) is 5.82 Å². The Morgan fingerprint density at radius 2 is 1.73 bits per heavy atom. The number of nitrogens with zero attached hydrogens (tertiary/aromatic N) is 2. The first-order valence-electron chi connectivity index (χ1n) is 8.41. The highest BCUT2D eigenvalue weighted by molar-refractivity contribution is 5.61. The van der Waals surface area contributed by atoms with E-state index in [2.05, 4.69) is 10.3 Å². The van der Waals surface area contributed by atoms with Crippen LogP contribution in [-0.4, -0.2) is 24.2 Å². The number of hydrogen-bond acceptors (Lipinski definition) is 4. The number of alkyl halides is 3. The Kier molecular flexibility index (Phi) is 5.31. The maximum Gasteiger partial charge on any atom is 0.391 e. The first-order valence-corrected chi connectivity index (χ1v) is 8.41. The molecule has 1 aliphatic heterocycles. The zero-order valence-electron chi connectivity index (χ0n) is 14.1. The minimum atomic E-state index is -4.17. The Labute approximate surface area is 149 Å². The van der Waals surface area contributed by atoms with Crippen molar-refractivity contribution < 1.29 is 17.6 Å². The van der Waals surface area contributed by atoms with Crippen LogP contribution in [0.3, 0.4) is 0 Å². The van der Waals surface area contributed by atoms with Crippen LogP contribution in [0.2, 0.25) is 0 Å². The Morgan fingerprint density at radius 1 is 1.08 bits per heavy atom. The fourth-order valence-corrected chi connectivity index (χ4v) is 3.01. The molecule has 3 N–H and O–H groups in total. The number of hydrogen-bond donors (Lipinski definition) is 2. The van der Waals surface area contributed by atoms with Crippen LogP contribution in [0.15, 0.2) is 36.4 Å². The predicted octanol–water partition coefficient (Wildman–Crippen LogP) is 4.20. The molecular weight excluding hydrogens is 348 g/mol. The molecule has 2 heterocycles.